The number of ether oxygens (including phenoxy) is 1. The average molecular weight is 274 g/mol. The summed E-state index contributed by atoms with van der Waals surface area (Å²) in [5.41, 5.74) is 2.25. The Labute approximate surface area is 112 Å². The zero-order valence-electron chi connectivity index (χ0n) is 11.2. The minimum Gasteiger partial charge on any atom is -0.469 e. The molecule has 1 unspecified atom stereocenters. The Balaban J connectivity index is 2.47. The molecule has 1 atom stereocenters. The lowest BCUT2D eigenvalue weighted by molar-refractivity contribution is -0.141. The van der Waals surface area contributed by atoms with Crippen LogP contribution in [0, 0.1) is 11.3 Å². The summed E-state index contributed by atoms with van der Waals surface area (Å²) in [4.78, 5) is 22.9. The van der Waals surface area contributed by atoms with Gasteiger partial charge in [-0.2, -0.15) is 0 Å². The normalized spacial score (nSPS) is 18.3. The Kier molecular flexibility index (Phi) is 5.47. The highest BCUT2D eigenvalue weighted by molar-refractivity contribution is 8.00. The van der Waals surface area contributed by atoms with Gasteiger partial charge in [-0.15, -0.1) is 11.8 Å². The maximum atomic E-state index is 11.6. The summed E-state index contributed by atoms with van der Waals surface area (Å²) in [5.74, 6) is 5.88. The van der Waals surface area contributed by atoms with E-state index in [4.69, 9.17) is 10.6 Å². The Hall–Kier alpha value is -0.750. The van der Waals surface area contributed by atoms with Gasteiger partial charge in [0, 0.05) is 5.75 Å². The van der Waals surface area contributed by atoms with Crippen molar-refractivity contribution >= 4 is 23.6 Å². The maximum Gasteiger partial charge on any atom is 0.306 e. The summed E-state index contributed by atoms with van der Waals surface area (Å²) < 4.78 is 4.70. The molecular formula is C12H22N2O3S. The number of amides is 1. The molecule has 1 rings (SSSR count). The molecule has 1 aliphatic carbocycles. The predicted octanol–water partition coefficient (Wildman–Crippen LogP) is 1.08. The minimum atomic E-state index is -0.169. The van der Waals surface area contributed by atoms with E-state index in [1.807, 2.05) is 13.8 Å². The summed E-state index contributed by atoms with van der Waals surface area (Å²) in [6.45, 7) is 3.99. The molecule has 1 fully saturated rings. The van der Waals surface area contributed by atoms with Gasteiger partial charge in [0.2, 0.25) is 5.91 Å². The molecule has 0 spiro atoms. The predicted molar refractivity (Wildman–Crippen MR) is 71.7 cm³/mol. The van der Waals surface area contributed by atoms with Crippen molar-refractivity contribution in [1.82, 2.24) is 5.43 Å². The number of carbonyl (C=O) groups excluding carboxylic acids is 2. The number of rotatable bonds is 7. The van der Waals surface area contributed by atoms with Gasteiger partial charge >= 0.3 is 5.97 Å². The van der Waals surface area contributed by atoms with Crippen molar-refractivity contribution in [3.05, 3.63) is 0 Å². The highest BCUT2D eigenvalue weighted by Gasteiger charge is 2.45. The third kappa shape index (κ3) is 4.17. The molecular weight excluding hydrogens is 252 g/mol. The van der Waals surface area contributed by atoms with Crippen molar-refractivity contribution in [2.45, 2.75) is 38.4 Å². The standard InChI is InChI=1S/C12H22N2O3S/c1-8(2)10(11(16)14-13)18-7-12(4-5-12)6-9(15)17-3/h8,10H,4-7,13H2,1-3H3,(H,14,16). The second kappa shape index (κ2) is 6.43. The number of esters is 1. The molecule has 3 N–H and O–H groups in total. The molecule has 5 nitrogen and oxygen atoms in total. The topological polar surface area (TPSA) is 81.4 Å². The van der Waals surface area contributed by atoms with Crippen LogP contribution in [0.4, 0.5) is 0 Å². The van der Waals surface area contributed by atoms with Gasteiger partial charge in [-0.3, -0.25) is 15.0 Å². The van der Waals surface area contributed by atoms with Crippen LogP contribution < -0.4 is 11.3 Å². The molecule has 0 aromatic heterocycles. The van der Waals surface area contributed by atoms with Gasteiger partial charge in [0.15, 0.2) is 0 Å². The molecule has 0 aromatic carbocycles. The minimum absolute atomic E-state index is 0.0414. The van der Waals surface area contributed by atoms with Crippen molar-refractivity contribution < 1.29 is 14.3 Å². The van der Waals surface area contributed by atoms with Crippen LogP contribution in [0.15, 0.2) is 0 Å². The zero-order chi connectivity index (χ0) is 13.8. The summed E-state index contributed by atoms with van der Waals surface area (Å²) in [6, 6.07) is 0. The largest absolute Gasteiger partial charge is 0.469 e. The number of thioether (sulfide) groups is 1. The third-order valence-electron chi connectivity index (χ3n) is 3.28. The van der Waals surface area contributed by atoms with E-state index >= 15 is 0 Å². The molecule has 0 saturated heterocycles. The van der Waals surface area contributed by atoms with Gasteiger partial charge < -0.3 is 4.74 Å². The van der Waals surface area contributed by atoms with Crippen LogP contribution in [0.2, 0.25) is 0 Å². The quantitative estimate of drug-likeness (QED) is 0.314. The maximum absolute atomic E-state index is 11.6. The number of carbonyl (C=O) groups is 2. The molecule has 0 bridgehead atoms. The zero-order valence-corrected chi connectivity index (χ0v) is 12.0. The van der Waals surface area contributed by atoms with Gasteiger partial charge in [0.05, 0.1) is 18.8 Å². The number of nitrogens with two attached hydrogens (primary N) is 1. The number of hydrogen-bond acceptors (Lipinski definition) is 5. The van der Waals surface area contributed by atoms with Crippen LogP contribution in [-0.4, -0.2) is 30.0 Å². The fourth-order valence-electron chi connectivity index (χ4n) is 1.85. The molecule has 1 amide bonds. The van der Waals surface area contributed by atoms with E-state index in [9.17, 15) is 9.59 Å². The van der Waals surface area contributed by atoms with E-state index in [2.05, 4.69) is 5.43 Å². The van der Waals surface area contributed by atoms with Gasteiger partial charge in [0.1, 0.15) is 0 Å². The first-order valence-corrected chi connectivity index (χ1v) is 7.18. The van der Waals surface area contributed by atoms with E-state index < -0.39 is 0 Å². The Bertz CT molecular complexity index is 316. The van der Waals surface area contributed by atoms with Gasteiger partial charge in [-0.05, 0) is 24.2 Å². The summed E-state index contributed by atoms with van der Waals surface area (Å²) in [7, 11) is 1.41. The second-order valence-electron chi connectivity index (χ2n) is 5.24. The van der Waals surface area contributed by atoms with Crippen LogP contribution in [0.3, 0.4) is 0 Å². The van der Waals surface area contributed by atoms with Gasteiger partial charge in [-0.25, -0.2) is 5.84 Å². The van der Waals surface area contributed by atoms with E-state index in [1.165, 1.54) is 7.11 Å². The molecule has 0 radical (unpaired) electrons. The highest BCUT2D eigenvalue weighted by atomic mass is 32.2. The fourth-order valence-corrected chi connectivity index (χ4v) is 3.38. The third-order valence-corrected chi connectivity index (χ3v) is 5.18. The number of methoxy groups -OCH3 is 1. The van der Waals surface area contributed by atoms with E-state index in [0.717, 1.165) is 18.6 Å². The van der Waals surface area contributed by atoms with E-state index in [0.29, 0.717) is 6.42 Å². The smallest absolute Gasteiger partial charge is 0.306 e. The van der Waals surface area contributed by atoms with Crippen LogP contribution in [0.1, 0.15) is 33.1 Å². The molecule has 104 valence electrons. The first kappa shape index (κ1) is 15.3. The Morgan fingerprint density at radius 1 is 1.44 bits per heavy atom. The van der Waals surface area contributed by atoms with Crippen molar-refractivity contribution in [1.29, 1.82) is 0 Å². The second-order valence-corrected chi connectivity index (χ2v) is 6.37. The van der Waals surface area contributed by atoms with Gasteiger partial charge in [-0.1, -0.05) is 13.8 Å². The number of hydrogen-bond donors (Lipinski definition) is 2. The lowest BCUT2D eigenvalue weighted by Gasteiger charge is -2.21. The molecule has 0 aliphatic heterocycles. The van der Waals surface area contributed by atoms with Crippen LogP contribution in [-0.2, 0) is 14.3 Å². The van der Waals surface area contributed by atoms with Crippen LogP contribution in [0.25, 0.3) is 0 Å². The van der Waals surface area contributed by atoms with E-state index in [-0.39, 0.29) is 28.5 Å². The van der Waals surface area contributed by atoms with Crippen molar-refractivity contribution in [3.8, 4) is 0 Å². The van der Waals surface area contributed by atoms with Crippen molar-refractivity contribution in [3.63, 3.8) is 0 Å². The first-order valence-electron chi connectivity index (χ1n) is 6.13. The molecule has 18 heavy (non-hydrogen) atoms. The number of nitrogens with one attached hydrogen (secondary N) is 1. The molecule has 0 aromatic rings. The molecule has 1 saturated carbocycles. The lowest BCUT2D eigenvalue weighted by atomic mass is 10.1. The van der Waals surface area contributed by atoms with E-state index in [1.54, 1.807) is 11.8 Å². The Morgan fingerprint density at radius 3 is 2.44 bits per heavy atom. The summed E-state index contributed by atoms with van der Waals surface area (Å²) in [6.07, 6.45) is 2.51. The first-order chi connectivity index (χ1) is 8.44. The Morgan fingerprint density at radius 2 is 2.06 bits per heavy atom. The van der Waals surface area contributed by atoms with Crippen molar-refractivity contribution in [2.75, 3.05) is 12.9 Å². The monoisotopic (exact) mass is 274 g/mol. The summed E-state index contributed by atoms with van der Waals surface area (Å²) >= 11 is 1.58. The average Bonchev–Trinajstić information content (AvgIpc) is 3.08. The van der Waals surface area contributed by atoms with Crippen molar-refractivity contribution in [2.24, 2.45) is 17.2 Å². The fraction of sp³-hybridized carbons (Fsp3) is 0.833. The lowest BCUT2D eigenvalue weighted by Crippen LogP contribution is -2.40. The van der Waals surface area contributed by atoms with Gasteiger partial charge in [0.25, 0.3) is 0 Å². The SMILES string of the molecule is COC(=O)CC1(CSC(C(=O)NN)C(C)C)CC1. The van der Waals surface area contributed by atoms with Crippen LogP contribution >= 0.6 is 11.8 Å². The van der Waals surface area contributed by atoms with Crippen LogP contribution in [0.5, 0.6) is 0 Å². The number of hydrazine groups is 1. The molecule has 0 heterocycles. The summed E-state index contributed by atoms with van der Waals surface area (Å²) in [5, 5.41) is -0.162. The highest BCUT2D eigenvalue weighted by Crippen LogP contribution is 2.52. The molecule has 6 heteroatoms. The molecule has 1 aliphatic rings.